The van der Waals surface area contributed by atoms with Crippen LogP contribution in [0.1, 0.15) is 51.9 Å². The average Bonchev–Trinajstić information content (AvgIpc) is 3.09. The fourth-order valence-corrected chi connectivity index (χ4v) is 3.74. The highest BCUT2D eigenvalue weighted by Gasteiger charge is 2.20. The van der Waals surface area contributed by atoms with Crippen molar-refractivity contribution >= 4 is 5.96 Å². The van der Waals surface area contributed by atoms with Gasteiger partial charge in [-0.15, -0.1) is 0 Å². The molecular formula is C19H37N3O2. The standard InChI is InChI=1S/C19H37N3O2/c1-16-7-9-17(10-8-16)14-22(3)19(20-2)21-11-5-12-23-15-18-6-4-13-24-18/h16-18H,4-15H2,1-3H3,(H,20,21). The van der Waals surface area contributed by atoms with E-state index in [0.29, 0.717) is 6.10 Å². The second-order valence-corrected chi connectivity index (χ2v) is 7.54. The summed E-state index contributed by atoms with van der Waals surface area (Å²) in [6, 6.07) is 0. The molecule has 2 fully saturated rings. The van der Waals surface area contributed by atoms with Crippen LogP contribution >= 0.6 is 0 Å². The molecule has 0 radical (unpaired) electrons. The summed E-state index contributed by atoms with van der Waals surface area (Å²) in [6.45, 7) is 6.83. The Morgan fingerprint density at radius 1 is 1.25 bits per heavy atom. The van der Waals surface area contributed by atoms with Crippen molar-refractivity contribution in [3.05, 3.63) is 0 Å². The maximum absolute atomic E-state index is 5.71. The maximum Gasteiger partial charge on any atom is 0.193 e. The van der Waals surface area contributed by atoms with Crippen LogP contribution in [0, 0.1) is 11.8 Å². The zero-order valence-corrected chi connectivity index (χ0v) is 15.9. The first kappa shape index (κ1) is 19.5. The molecule has 0 aromatic rings. The van der Waals surface area contributed by atoms with Gasteiger partial charge in [0.15, 0.2) is 5.96 Å². The van der Waals surface area contributed by atoms with E-state index in [1.807, 2.05) is 7.05 Å². The maximum atomic E-state index is 5.71. The molecule has 5 nitrogen and oxygen atoms in total. The Bertz CT molecular complexity index is 362. The lowest BCUT2D eigenvalue weighted by atomic mass is 9.83. The van der Waals surface area contributed by atoms with E-state index < -0.39 is 0 Å². The third kappa shape index (κ3) is 6.98. The highest BCUT2D eigenvalue weighted by atomic mass is 16.5. The molecule has 1 N–H and O–H groups in total. The second kappa shape index (κ2) is 10.9. The van der Waals surface area contributed by atoms with Crippen LogP contribution in [0.5, 0.6) is 0 Å². The summed E-state index contributed by atoms with van der Waals surface area (Å²) in [6.07, 6.45) is 9.14. The third-order valence-corrected chi connectivity index (χ3v) is 5.32. The van der Waals surface area contributed by atoms with Crippen molar-refractivity contribution in [1.29, 1.82) is 0 Å². The van der Waals surface area contributed by atoms with Crippen LogP contribution in [0.3, 0.4) is 0 Å². The Balaban J connectivity index is 1.54. The van der Waals surface area contributed by atoms with Gasteiger partial charge in [0.25, 0.3) is 0 Å². The average molecular weight is 340 g/mol. The number of aliphatic imine (C=N–C) groups is 1. The summed E-state index contributed by atoms with van der Waals surface area (Å²) in [5, 5.41) is 3.46. The van der Waals surface area contributed by atoms with Crippen molar-refractivity contribution in [1.82, 2.24) is 10.2 Å². The molecule has 2 rings (SSSR count). The van der Waals surface area contributed by atoms with Gasteiger partial charge in [-0.25, -0.2) is 0 Å². The molecule has 1 saturated carbocycles. The molecule has 0 aromatic heterocycles. The molecule has 1 saturated heterocycles. The summed E-state index contributed by atoms with van der Waals surface area (Å²) in [5.41, 5.74) is 0. The SMILES string of the molecule is CN=C(NCCCOCC1CCCO1)N(C)CC1CCC(C)CC1. The molecule has 0 amide bonds. The van der Waals surface area contributed by atoms with Crippen LogP contribution in [0.4, 0.5) is 0 Å². The summed E-state index contributed by atoms with van der Waals surface area (Å²) in [7, 11) is 4.02. The molecule has 0 aromatic carbocycles. The third-order valence-electron chi connectivity index (χ3n) is 5.32. The highest BCUT2D eigenvalue weighted by Crippen LogP contribution is 2.28. The lowest BCUT2D eigenvalue weighted by Crippen LogP contribution is -2.42. The lowest BCUT2D eigenvalue weighted by Gasteiger charge is -2.31. The summed E-state index contributed by atoms with van der Waals surface area (Å²) < 4.78 is 11.3. The Morgan fingerprint density at radius 3 is 2.71 bits per heavy atom. The van der Waals surface area contributed by atoms with Crippen LogP contribution in [-0.2, 0) is 9.47 Å². The number of ether oxygens (including phenoxy) is 2. The first-order valence-electron chi connectivity index (χ1n) is 9.80. The van der Waals surface area contributed by atoms with Crippen LogP contribution < -0.4 is 5.32 Å². The summed E-state index contributed by atoms with van der Waals surface area (Å²) >= 11 is 0. The van der Waals surface area contributed by atoms with E-state index in [9.17, 15) is 0 Å². The number of nitrogens with one attached hydrogen (secondary N) is 1. The Hall–Kier alpha value is -0.810. The first-order chi connectivity index (χ1) is 11.7. The Kier molecular flexibility index (Phi) is 8.89. The van der Waals surface area contributed by atoms with Gasteiger partial charge in [0.05, 0.1) is 12.7 Å². The van der Waals surface area contributed by atoms with E-state index in [1.165, 1.54) is 32.1 Å². The van der Waals surface area contributed by atoms with Crippen LogP contribution in [-0.4, -0.2) is 64.0 Å². The number of nitrogens with zero attached hydrogens (tertiary/aromatic N) is 2. The van der Waals surface area contributed by atoms with Crippen molar-refractivity contribution in [3.63, 3.8) is 0 Å². The number of hydrogen-bond donors (Lipinski definition) is 1. The highest BCUT2D eigenvalue weighted by molar-refractivity contribution is 5.79. The van der Waals surface area contributed by atoms with Crippen molar-refractivity contribution in [2.24, 2.45) is 16.8 Å². The van der Waals surface area contributed by atoms with Gasteiger partial charge in [0.2, 0.25) is 0 Å². The van der Waals surface area contributed by atoms with Crippen LogP contribution in [0.15, 0.2) is 4.99 Å². The molecule has 1 heterocycles. The largest absolute Gasteiger partial charge is 0.379 e. The Labute approximate surface area is 148 Å². The van der Waals surface area contributed by atoms with Gasteiger partial charge in [-0.3, -0.25) is 4.99 Å². The van der Waals surface area contributed by atoms with E-state index in [4.69, 9.17) is 9.47 Å². The quantitative estimate of drug-likeness (QED) is 0.420. The van der Waals surface area contributed by atoms with Gasteiger partial charge < -0.3 is 19.7 Å². The molecule has 0 spiro atoms. The molecule has 1 unspecified atom stereocenters. The van der Waals surface area contributed by atoms with E-state index >= 15 is 0 Å². The van der Waals surface area contributed by atoms with E-state index in [1.54, 1.807) is 0 Å². The van der Waals surface area contributed by atoms with Crippen molar-refractivity contribution in [2.75, 3.05) is 47.0 Å². The molecule has 1 aliphatic heterocycles. The monoisotopic (exact) mass is 339 g/mol. The summed E-state index contributed by atoms with van der Waals surface area (Å²) in [5.74, 6) is 2.74. The number of hydrogen-bond acceptors (Lipinski definition) is 3. The van der Waals surface area contributed by atoms with Crippen molar-refractivity contribution < 1.29 is 9.47 Å². The minimum Gasteiger partial charge on any atom is -0.379 e. The van der Waals surface area contributed by atoms with Gasteiger partial charge in [-0.2, -0.15) is 0 Å². The molecule has 0 bridgehead atoms. The molecule has 1 aliphatic carbocycles. The molecule has 2 aliphatic rings. The van der Waals surface area contributed by atoms with Crippen LogP contribution in [0.25, 0.3) is 0 Å². The number of guanidine groups is 1. The number of rotatable bonds is 8. The van der Waals surface area contributed by atoms with E-state index in [0.717, 1.165) is 63.5 Å². The van der Waals surface area contributed by atoms with Gasteiger partial charge in [0, 0.05) is 40.4 Å². The van der Waals surface area contributed by atoms with Gasteiger partial charge in [-0.05, 0) is 43.9 Å². The summed E-state index contributed by atoms with van der Waals surface area (Å²) in [4.78, 5) is 6.71. The van der Waals surface area contributed by atoms with Crippen molar-refractivity contribution in [3.8, 4) is 0 Å². The van der Waals surface area contributed by atoms with E-state index in [2.05, 4.69) is 29.2 Å². The van der Waals surface area contributed by atoms with Gasteiger partial charge in [0.1, 0.15) is 0 Å². The molecule has 24 heavy (non-hydrogen) atoms. The predicted octanol–water partition coefficient (Wildman–Crippen LogP) is 2.91. The molecule has 1 atom stereocenters. The zero-order valence-electron chi connectivity index (χ0n) is 15.9. The zero-order chi connectivity index (χ0) is 17.2. The molecule has 5 heteroatoms. The fourth-order valence-electron chi connectivity index (χ4n) is 3.74. The van der Waals surface area contributed by atoms with E-state index in [-0.39, 0.29) is 0 Å². The second-order valence-electron chi connectivity index (χ2n) is 7.54. The minimum absolute atomic E-state index is 0.329. The topological polar surface area (TPSA) is 46.1 Å². The van der Waals surface area contributed by atoms with Gasteiger partial charge in [-0.1, -0.05) is 19.8 Å². The fraction of sp³-hybridized carbons (Fsp3) is 0.947. The minimum atomic E-state index is 0.329. The smallest absolute Gasteiger partial charge is 0.193 e. The normalized spacial score (nSPS) is 28.1. The Morgan fingerprint density at radius 2 is 2.04 bits per heavy atom. The molecule has 140 valence electrons. The van der Waals surface area contributed by atoms with Crippen molar-refractivity contribution in [2.45, 2.75) is 58.0 Å². The predicted molar refractivity (Wildman–Crippen MR) is 99.5 cm³/mol. The first-order valence-corrected chi connectivity index (χ1v) is 9.80. The van der Waals surface area contributed by atoms with Gasteiger partial charge >= 0.3 is 0 Å². The van der Waals surface area contributed by atoms with Crippen LogP contribution in [0.2, 0.25) is 0 Å². The lowest BCUT2D eigenvalue weighted by molar-refractivity contribution is 0.0168. The molecular weight excluding hydrogens is 302 g/mol.